The zero-order valence-corrected chi connectivity index (χ0v) is 12.7. The molecular weight excluding hydrogens is 313 g/mol. The monoisotopic (exact) mass is 332 g/mol. The first-order valence-electron chi connectivity index (χ1n) is 6.27. The molecule has 0 aromatic heterocycles. The summed E-state index contributed by atoms with van der Waals surface area (Å²) in [6.45, 7) is -1.64. The number of piperazine rings is 1. The number of halogens is 3. The molecule has 0 aliphatic carbocycles. The summed E-state index contributed by atoms with van der Waals surface area (Å²) in [6, 6.07) is 0. The molecule has 7 nitrogen and oxygen atoms in total. The van der Waals surface area contributed by atoms with E-state index >= 15 is 0 Å². The Morgan fingerprint density at radius 1 is 1.24 bits per heavy atom. The predicted octanol–water partition coefficient (Wildman–Crippen LogP) is -0.911. The van der Waals surface area contributed by atoms with Crippen molar-refractivity contribution in [3.8, 4) is 0 Å². The Kier molecular flexibility index (Phi) is 5.96. The number of carbonyl (C=O) groups is 1. The van der Waals surface area contributed by atoms with E-state index in [1.807, 2.05) is 0 Å². The maximum Gasteiger partial charge on any atom is 0.402 e. The first kappa shape index (κ1) is 18.1. The van der Waals surface area contributed by atoms with E-state index in [9.17, 15) is 26.4 Å². The van der Waals surface area contributed by atoms with Gasteiger partial charge in [-0.25, -0.2) is 0 Å². The lowest BCUT2D eigenvalue weighted by Crippen LogP contribution is -2.55. The molecule has 0 atom stereocenters. The number of likely N-dealkylation sites (N-methyl/N-ethyl adjacent to an activating group) is 1. The Labute approximate surface area is 121 Å². The predicted molar refractivity (Wildman–Crippen MR) is 69.7 cm³/mol. The molecule has 1 amide bonds. The maximum atomic E-state index is 12.6. The number of rotatable bonds is 5. The lowest BCUT2D eigenvalue weighted by molar-refractivity contribution is -0.142. The van der Waals surface area contributed by atoms with E-state index < -0.39 is 35.4 Å². The van der Waals surface area contributed by atoms with Crippen LogP contribution in [-0.4, -0.2) is 87.4 Å². The molecule has 0 spiro atoms. The molecule has 0 saturated carbocycles. The Morgan fingerprint density at radius 2 is 1.76 bits per heavy atom. The fourth-order valence-electron chi connectivity index (χ4n) is 1.75. The third kappa shape index (κ3) is 5.41. The highest BCUT2D eigenvalue weighted by atomic mass is 32.2. The van der Waals surface area contributed by atoms with Crippen molar-refractivity contribution in [3.05, 3.63) is 0 Å². The number of nitrogens with one attached hydrogen (secondary N) is 1. The molecule has 11 heteroatoms. The molecule has 1 aliphatic heterocycles. The van der Waals surface area contributed by atoms with Crippen molar-refractivity contribution in [1.29, 1.82) is 0 Å². The summed E-state index contributed by atoms with van der Waals surface area (Å²) < 4.78 is 63.5. The molecule has 0 radical (unpaired) electrons. The minimum atomic E-state index is -4.71. The van der Waals surface area contributed by atoms with Crippen LogP contribution in [0.15, 0.2) is 0 Å². The lowest BCUT2D eigenvalue weighted by atomic mass is 10.4. The van der Waals surface area contributed by atoms with Crippen LogP contribution in [0.25, 0.3) is 0 Å². The van der Waals surface area contributed by atoms with Crippen LogP contribution in [0.1, 0.15) is 0 Å². The van der Waals surface area contributed by atoms with Gasteiger partial charge in [0.25, 0.3) is 10.2 Å². The minimum absolute atomic E-state index is 0.0762. The number of nitrogens with zero attached hydrogens (tertiary/aromatic N) is 3. The molecular formula is C10H19F3N4O3S. The molecule has 1 rings (SSSR count). The van der Waals surface area contributed by atoms with Gasteiger partial charge in [0.1, 0.15) is 6.54 Å². The van der Waals surface area contributed by atoms with Crippen LogP contribution < -0.4 is 5.32 Å². The van der Waals surface area contributed by atoms with E-state index in [0.717, 1.165) is 9.21 Å². The molecule has 1 N–H and O–H groups in total. The standard InChI is InChI=1S/C10H19F3N4O3S/c1-15(2)9(18)7-17(8-10(11,12)13)21(19,20)16-5-3-14-4-6-16/h14H,3-8H2,1-2H3. The summed E-state index contributed by atoms with van der Waals surface area (Å²) in [6.07, 6.45) is -4.71. The molecule has 124 valence electrons. The Balaban J connectivity index is 2.95. The van der Waals surface area contributed by atoms with Crippen LogP contribution >= 0.6 is 0 Å². The van der Waals surface area contributed by atoms with Gasteiger partial charge < -0.3 is 10.2 Å². The summed E-state index contributed by atoms with van der Waals surface area (Å²) in [4.78, 5) is 12.6. The van der Waals surface area contributed by atoms with Gasteiger partial charge >= 0.3 is 6.18 Å². The SMILES string of the molecule is CN(C)C(=O)CN(CC(F)(F)F)S(=O)(=O)N1CCNCC1. The van der Waals surface area contributed by atoms with Crippen molar-refractivity contribution < 1.29 is 26.4 Å². The first-order valence-corrected chi connectivity index (χ1v) is 7.66. The van der Waals surface area contributed by atoms with Gasteiger partial charge in [0, 0.05) is 40.3 Å². The fraction of sp³-hybridized carbons (Fsp3) is 0.900. The third-order valence-electron chi connectivity index (χ3n) is 2.89. The molecule has 0 aromatic carbocycles. The average Bonchev–Trinajstić information content (AvgIpc) is 2.37. The molecule has 21 heavy (non-hydrogen) atoms. The summed E-state index contributed by atoms with van der Waals surface area (Å²) in [5.41, 5.74) is 0. The van der Waals surface area contributed by atoms with E-state index in [0.29, 0.717) is 13.1 Å². The number of alkyl halides is 3. The Bertz CT molecular complexity index is 461. The van der Waals surface area contributed by atoms with Crippen molar-refractivity contribution >= 4 is 16.1 Å². The van der Waals surface area contributed by atoms with E-state index in [-0.39, 0.29) is 17.4 Å². The van der Waals surface area contributed by atoms with Gasteiger partial charge in [-0.1, -0.05) is 0 Å². The van der Waals surface area contributed by atoms with Crippen molar-refractivity contribution in [2.75, 3.05) is 53.4 Å². The van der Waals surface area contributed by atoms with Gasteiger partial charge in [-0.2, -0.15) is 30.2 Å². The van der Waals surface area contributed by atoms with Crippen LogP contribution in [0.2, 0.25) is 0 Å². The van der Waals surface area contributed by atoms with Crippen LogP contribution in [0.3, 0.4) is 0 Å². The van der Waals surface area contributed by atoms with Gasteiger partial charge in [-0.05, 0) is 0 Å². The topological polar surface area (TPSA) is 73.0 Å². The molecule has 0 bridgehead atoms. The number of carbonyl (C=O) groups excluding carboxylic acids is 1. The maximum absolute atomic E-state index is 12.6. The summed E-state index contributed by atoms with van der Waals surface area (Å²) in [5, 5.41) is 2.91. The molecule has 1 saturated heterocycles. The zero-order chi connectivity index (χ0) is 16.3. The average molecular weight is 332 g/mol. The van der Waals surface area contributed by atoms with Crippen molar-refractivity contribution in [3.63, 3.8) is 0 Å². The van der Waals surface area contributed by atoms with Crippen molar-refractivity contribution in [2.45, 2.75) is 6.18 Å². The highest BCUT2D eigenvalue weighted by molar-refractivity contribution is 7.86. The van der Waals surface area contributed by atoms with Crippen LogP contribution in [0.5, 0.6) is 0 Å². The van der Waals surface area contributed by atoms with Gasteiger partial charge in [0.15, 0.2) is 0 Å². The Morgan fingerprint density at radius 3 is 2.19 bits per heavy atom. The smallest absolute Gasteiger partial charge is 0.348 e. The quantitative estimate of drug-likeness (QED) is 0.707. The highest BCUT2D eigenvalue weighted by Crippen LogP contribution is 2.20. The third-order valence-corrected chi connectivity index (χ3v) is 4.82. The van der Waals surface area contributed by atoms with Crippen LogP contribution in [0, 0.1) is 0 Å². The molecule has 0 aromatic rings. The summed E-state index contributed by atoms with van der Waals surface area (Å²) in [7, 11) is -1.62. The van der Waals surface area contributed by atoms with Crippen molar-refractivity contribution in [1.82, 2.24) is 18.8 Å². The number of hydrogen-bond acceptors (Lipinski definition) is 4. The lowest BCUT2D eigenvalue weighted by Gasteiger charge is -2.32. The van der Waals surface area contributed by atoms with E-state index in [1.165, 1.54) is 14.1 Å². The fourth-order valence-corrected chi connectivity index (χ4v) is 3.30. The van der Waals surface area contributed by atoms with E-state index in [2.05, 4.69) is 5.32 Å². The second kappa shape index (κ2) is 6.90. The minimum Gasteiger partial charge on any atom is -0.348 e. The normalized spacial score (nSPS) is 18.0. The number of hydrogen-bond donors (Lipinski definition) is 1. The molecule has 1 heterocycles. The van der Waals surface area contributed by atoms with Gasteiger partial charge in [-0.3, -0.25) is 4.79 Å². The highest BCUT2D eigenvalue weighted by Gasteiger charge is 2.40. The van der Waals surface area contributed by atoms with E-state index in [1.54, 1.807) is 0 Å². The second-order valence-corrected chi connectivity index (χ2v) is 6.76. The van der Waals surface area contributed by atoms with Gasteiger partial charge in [0.05, 0.1) is 6.54 Å². The van der Waals surface area contributed by atoms with E-state index in [4.69, 9.17) is 0 Å². The first-order chi connectivity index (χ1) is 9.54. The van der Waals surface area contributed by atoms with Crippen molar-refractivity contribution in [2.24, 2.45) is 0 Å². The van der Waals surface area contributed by atoms with Crippen LogP contribution in [0.4, 0.5) is 13.2 Å². The summed E-state index contributed by atoms with van der Waals surface area (Å²) >= 11 is 0. The molecule has 1 aliphatic rings. The molecule has 1 fully saturated rings. The Hall–Kier alpha value is -0.910. The number of amides is 1. The largest absolute Gasteiger partial charge is 0.402 e. The zero-order valence-electron chi connectivity index (χ0n) is 11.9. The van der Waals surface area contributed by atoms with Gasteiger partial charge in [0.2, 0.25) is 5.91 Å². The van der Waals surface area contributed by atoms with Gasteiger partial charge in [-0.15, -0.1) is 0 Å². The summed E-state index contributed by atoms with van der Waals surface area (Å²) in [5.74, 6) is -0.710. The molecule has 0 unspecified atom stereocenters. The second-order valence-electron chi connectivity index (χ2n) is 4.83. The van der Waals surface area contributed by atoms with Crippen LogP contribution in [-0.2, 0) is 15.0 Å².